The highest BCUT2D eigenvalue weighted by atomic mass is 16.5. The van der Waals surface area contributed by atoms with Gasteiger partial charge in [0, 0.05) is 23.4 Å². The van der Waals surface area contributed by atoms with Crippen molar-refractivity contribution in [3.8, 4) is 11.3 Å². The summed E-state index contributed by atoms with van der Waals surface area (Å²) in [6.07, 6.45) is 2.40. The van der Waals surface area contributed by atoms with Crippen molar-refractivity contribution in [3.05, 3.63) is 35.5 Å². The zero-order chi connectivity index (χ0) is 17.1. The maximum Gasteiger partial charge on any atom is 0.307 e. The molecule has 3 rings (SSSR count). The van der Waals surface area contributed by atoms with Crippen molar-refractivity contribution in [2.75, 3.05) is 12.3 Å². The number of hydrogen-bond acceptors (Lipinski definition) is 5. The van der Waals surface area contributed by atoms with Crippen LogP contribution in [0, 0.1) is 0 Å². The van der Waals surface area contributed by atoms with Crippen molar-refractivity contribution >= 4 is 17.4 Å². The maximum atomic E-state index is 12.4. The smallest absolute Gasteiger partial charge is 0.307 e. The van der Waals surface area contributed by atoms with Gasteiger partial charge in [-0.1, -0.05) is 12.1 Å². The Labute approximate surface area is 140 Å². The lowest BCUT2D eigenvalue weighted by Gasteiger charge is -2.13. The predicted octanol–water partition coefficient (Wildman–Crippen LogP) is 2.60. The van der Waals surface area contributed by atoms with Gasteiger partial charge in [0.15, 0.2) is 5.78 Å². The Hall–Kier alpha value is -2.63. The van der Waals surface area contributed by atoms with Crippen LogP contribution in [0.5, 0.6) is 0 Å². The molecule has 126 valence electrons. The minimum absolute atomic E-state index is 0.116. The third-order valence-electron chi connectivity index (χ3n) is 4.17. The van der Waals surface area contributed by atoms with Crippen molar-refractivity contribution in [1.82, 2.24) is 9.78 Å². The largest absolute Gasteiger partial charge is 0.466 e. The lowest BCUT2D eigenvalue weighted by atomic mass is 9.92. The summed E-state index contributed by atoms with van der Waals surface area (Å²) in [5.74, 6) is -0.136. The molecule has 0 saturated heterocycles. The second-order valence-corrected chi connectivity index (χ2v) is 5.85. The minimum Gasteiger partial charge on any atom is -0.466 e. The van der Waals surface area contributed by atoms with Gasteiger partial charge in [-0.25, -0.2) is 0 Å². The number of Topliss-reactive ketones (excluding diaryl/α,β-unsaturated/α-hetero) is 1. The summed E-state index contributed by atoms with van der Waals surface area (Å²) in [6.45, 7) is 2.57. The van der Waals surface area contributed by atoms with Crippen LogP contribution < -0.4 is 5.73 Å². The molecule has 0 atom stereocenters. The predicted molar refractivity (Wildman–Crippen MR) is 90.6 cm³/mol. The van der Waals surface area contributed by atoms with E-state index in [9.17, 15) is 9.59 Å². The van der Waals surface area contributed by atoms with Gasteiger partial charge in [-0.15, -0.1) is 0 Å². The SMILES string of the molecule is CCOC(=O)CCn1nc(-c2ccc(N)cc2)c2c1CCCC2=O. The first-order valence-electron chi connectivity index (χ1n) is 8.24. The normalized spacial score (nSPS) is 13.6. The lowest BCUT2D eigenvalue weighted by molar-refractivity contribution is -0.143. The monoisotopic (exact) mass is 327 g/mol. The molecule has 1 aromatic carbocycles. The molecule has 0 bridgehead atoms. The summed E-state index contributed by atoms with van der Waals surface area (Å²) in [7, 11) is 0. The zero-order valence-corrected chi connectivity index (χ0v) is 13.7. The van der Waals surface area contributed by atoms with Gasteiger partial charge >= 0.3 is 5.97 Å². The molecule has 1 aromatic heterocycles. The van der Waals surface area contributed by atoms with Crippen molar-refractivity contribution in [2.45, 2.75) is 39.2 Å². The number of aryl methyl sites for hydroxylation is 1. The molecular formula is C18H21N3O3. The van der Waals surface area contributed by atoms with E-state index in [0.717, 1.165) is 24.1 Å². The number of fused-ring (bicyclic) bond motifs is 1. The van der Waals surface area contributed by atoms with Crippen LogP contribution in [0.4, 0.5) is 5.69 Å². The second kappa shape index (κ2) is 6.86. The summed E-state index contributed by atoms with van der Waals surface area (Å²) in [4.78, 5) is 24.0. The van der Waals surface area contributed by atoms with E-state index in [-0.39, 0.29) is 18.2 Å². The Balaban J connectivity index is 1.96. The quantitative estimate of drug-likeness (QED) is 0.674. The van der Waals surface area contributed by atoms with Gasteiger partial charge in [-0.3, -0.25) is 14.3 Å². The Kier molecular flexibility index (Phi) is 4.64. The average molecular weight is 327 g/mol. The third kappa shape index (κ3) is 3.18. The van der Waals surface area contributed by atoms with E-state index < -0.39 is 0 Å². The highest BCUT2D eigenvalue weighted by molar-refractivity contribution is 6.03. The summed E-state index contributed by atoms with van der Waals surface area (Å²) >= 11 is 0. The lowest BCUT2D eigenvalue weighted by Crippen LogP contribution is -2.16. The first kappa shape index (κ1) is 16.2. The molecule has 2 aromatic rings. The molecule has 24 heavy (non-hydrogen) atoms. The molecule has 2 N–H and O–H groups in total. The Bertz CT molecular complexity index is 763. The molecular weight excluding hydrogens is 306 g/mol. The highest BCUT2D eigenvalue weighted by Crippen LogP contribution is 2.31. The Morgan fingerprint density at radius 2 is 2.04 bits per heavy atom. The van der Waals surface area contributed by atoms with Gasteiger partial charge in [-0.2, -0.15) is 5.10 Å². The van der Waals surface area contributed by atoms with Crippen LogP contribution in [0.2, 0.25) is 0 Å². The number of nitrogen functional groups attached to an aromatic ring is 1. The van der Waals surface area contributed by atoms with Crippen molar-refractivity contribution < 1.29 is 14.3 Å². The molecule has 1 heterocycles. The fourth-order valence-corrected chi connectivity index (χ4v) is 3.04. The number of benzene rings is 1. The third-order valence-corrected chi connectivity index (χ3v) is 4.17. The standard InChI is InChI=1S/C18H21N3O3/c1-2-24-16(23)10-11-21-14-4-3-5-15(22)17(14)18(20-21)12-6-8-13(19)9-7-12/h6-9H,2-5,10-11,19H2,1H3. The number of nitrogens with two attached hydrogens (primary N) is 1. The van der Waals surface area contributed by atoms with E-state index in [1.807, 2.05) is 12.1 Å². The van der Waals surface area contributed by atoms with Gasteiger partial charge in [0.1, 0.15) is 5.69 Å². The van der Waals surface area contributed by atoms with E-state index in [4.69, 9.17) is 10.5 Å². The minimum atomic E-state index is -0.252. The fraction of sp³-hybridized carbons (Fsp3) is 0.389. The molecule has 0 fully saturated rings. The highest BCUT2D eigenvalue weighted by Gasteiger charge is 2.27. The summed E-state index contributed by atoms with van der Waals surface area (Å²) in [5.41, 5.74) is 9.56. The van der Waals surface area contributed by atoms with Crippen molar-refractivity contribution in [1.29, 1.82) is 0 Å². The number of carbonyl (C=O) groups is 2. The summed E-state index contributed by atoms with van der Waals surface area (Å²) < 4.78 is 6.76. The second-order valence-electron chi connectivity index (χ2n) is 5.85. The van der Waals surface area contributed by atoms with Crippen LogP contribution in [-0.2, 0) is 22.5 Å². The van der Waals surface area contributed by atoms with Gasteiger partial charge in [0.25, 0.3) is 0 Å². The van der Waals surface area contributed by atoms with Crippen LogP contribution in [0.3, 0.4) is 0 Å². The number of carbonyl (C=O) groups excluding carboxylic acids is 2. The fourth-order valence-electron chi connectivity index (χ4n) is 3.04. The zero-order valence-electron chi connectivity index (χ0n) is 13.7. The van der Waals surface area contributed by atoms with E-state index in [2.05, 4.69) is 5.10 Å². The number of ketones is 1. The molecule has 1 aliphatic rings. The number of esters is 1. The molecule has 0 unspecified atom stereocenters. The van der Waals surface area contributed by atoms with Crippen LogP contribution in [0.25, 0.3) is 11.3 Å². The molecule has 6 heteroatoms. The number of anilines is 1. The Morgan fingerprint density at radius 1 is 1.29 bits per heavy atom. The van der Waals surface area contributed by atoms with E-state index in [1.54, 1.807) is 23.7 Å². The van der Waals surface area contributed by atoms with E-state index >= 15 is 0 Å². The number of ether oxygens (including phenoxy) is 1. The first-order chi connectivity index (χ1) is 11.6. The molecule has 0 aliphatic heterocycles. The van der Waals surface area contributed by atoms with Crippen molar-refractivity contribution in [2.24, 2.45) is 0 Å². The number of hydrogen-bond donors (Lipinski definition) is 1. The summed E-state index contributed by atoms with van der Waals surface area (Å²) in [6, 6.07) is 7.34. The van der Waals surface area contributed by atoms with Gasteiger partial charge in [0.2, 0.25) is 0 Å². The molecule has 6 nitrogen and oxygen atoms in total. The van der Waals surface area contributed by atoms with Gasteiger partial charge in [-0.05, 0) is 31.9 Å². The van der Waals surface area contributed by atoms with Gasteiger partial charge in [0.05, 0.1) is 25.1 Å². The van der Waals surface area contributed by atoms with E-state index in [0.29, 0.717) is 36.5 Å². The Morgan fingerprint density at radius 3 is 2.75 bits per heavy atom. The molecule has 0 spiro atoms. The molecule has 1 aliphatic carbocycles. The topological polar surface area (TPSA) is 87.2 Å². The number of aromatic nitrogens is 2. The van der Waals surface area contributed by atoms with Crippen LogP contribution in [0.1, 0.15) is 42.2 Å². The van der Waals surface area contributed by atoms with Gasteiger partial charge < -0.3 is 10.5 Å². The molecule has 0 saturated carbocycles. The van der Waals surface area contributed by atoms with Crippen LogP contribution in [0.15, 0.2) is 24.3 Å². The van der Waals surface area contributed by atoms with Crippen LogP contribution in [-0.4, -0.2) is 28.1 Å². The summed E-state index contributed by atoms with van der Waals surface area (Å²) in [5, 5.41) is 4.62. The first-order valence-corrected chi connectivity index (χ1v) is 8.24. The van der Waals surface area contributed by atoms with Crippen LogP contribution >= 0.6 is 0 Å². The number of rotatable bonds is 5. The maximum absolute atomic E-state index is 12.4. The van der Waals surface area contributed by atoms with Crippen molar-refractivity contribution in [3.63, 3.8) is 0 Å². The molecule has 0 radical (unpaired) electrons. The average Bonchev–Trinajstić information content (AvgIpc) is 2.94. The van der Waals surface area contributed by atoms with E-state index in [1.165, 1.54) is 0 Å². The molecule has 0 amide bonds. The number of nitrogens with zero attached hydrogens (tertiary/aromatic N) is 2.